The minimum atomic E-state index is -5.20. The van der Waals surface area contributed by atoms with Gasteiger partial charge < -0.3 is 22.4 Å². The SMILES string of the molecule is Fc1ccc([B-](F)(F)F)c(OCC2CCOC2)c1.[K+]. The van der Waals surface area contributed by atoms with E-state index in [1.165, 1.54) is 0 Å². The smallest absolute Gasteiger partial charge is 0.496 e. The first kappa shape index (κ1) is 17.5. The molecule has 1 aromatic carbocycles. The second kappa shape index (κ2) is 7.42. The Bertz CT molecular complexity index is 422. The van der Waals surface area contributed by atoms with Crippen molar-refractivity contribution in [3.63, 3.8) is 0 Å². The average molecular weight is 302 g/mol. The van der Waals surface area contributed by atoms with E-state index in [1.54, 1.807) is 0 Å². The molecule has 0 aromatic heterocycles. The molecule has 1 atom stereocenters. The van der Waals surface area contributed by atoms with Gasteiger partial charge in [0, 0.05) is 18.6 Å². The van der Waals surface area contributed by atoms with Gasteiger partial charge in [0.1, 0.15) is 5.82 Å². The van der Waals surface area contributed by atoms with Crippen LogP contribution in [0.15, 0.2) is 18.2 Å². The van der Waals surface area contributed by atoms with E-state index in [-0.39, 0.29) is 63.9 Å². The van der Waals surface area contributed by atoms with Crippen molar-refractivity contribution in [2.75, 3.05) is 19.8 Å². The molecule has 0 N–H and O–H groups in total. The number of hydrogen-bond acceptors (Lipinski definition) is 2. The largest absolute Gasteiger partial charge is 1.00 e. The molecule has 0 amide bonds. The van der Waals surface area contributed by atoms with Crippen LogP contribution in [0, 0.1) is 11.7 Å². The van der Waals surface area contributed by atoms with Crippen LogP contribution in [-0.2, 0) is 4.74 Å². The molecule has 0 spiro atoms. The van der Waals surface area contributed by atoms with E-state index < -0.39 is 24.0 Å². The second-order valence-electron chi connectivity index (χ2n) is 4.30. The number of halogens is 4. The molecule has 0 saturated carbocycles. The molecule has 2 rings (SSSR count). The quantitative estimate of drug-likeness (QED) is 0.541. The summed E-state index contributed by atoms with van der Waals surface area (Å²) in [5.41, 5.74) is -0.893. The molecule has 0 bridgehead atoms. The average Bonchev–Trinajstić information content (AvgIpc) is 2.77. The maximum Gasteiger partial charge on any atom is 1.00 e. The van der Waals surface area contributed by atoms with Gasteiger partial charge in [-0.2, -0.15) is 0 Å². The van der Waals surface area contributed by atoms with Crippen molar-refractivity contribution in [2.45, 2.75) is 6.42 Å². The summed E-state index contributed by atoms with van der Waals surface area (Å²) in [4.78, 5) is 0. The first-order valence-electron chi connectivity index (χ1n) is 5.67. The van der Waals surface area contributed by atoms with E-state index in [0.717, 1.165) is 24.6 Å². The summed E-state index contributed by atoms with van der Waals surface area (Å²) in [6, 6.07) is 2.28. The molecular formula is C11H12BF4KO2. The number of rotatable bonds is 4. The van der Waals surface area contributed by atoms with Gasteiger partial charge in [0.15, 0.2) is 0 Å². The van der Waals surface area contributed by atoms with Crippen LogP contribution in [0.5, 0.6) is 5.75 Å². The van der Waals surface area contributed by atoms with Crippen molar-refractivity contribution in [1.82, 2.24) is 0 Å². The van der Waals surface area contributed by atoms with Crippen LogP contribution in [0.3, 0.4) is 0 Å². The topological polar surface area (TPSA) is 18.5 Å². The van der Waals surface area contributed by atoms with Crippen LogP contribution in [0.1, 0.15) is 6.42 Å². The molecule has 1 heterocycles. The molecule has 0 radical (unpaired) electrons. The maximum atomic E-state index is 13.0. The third-order valence-electron chi connectivity index (χ3n) is 2.83. The molecule has 0 aliphatic carbocycles. The molecule has 19 heavy (non-hydrogen) atoms. The van der Waals surface area contributed by atoms with Crippen molar-refractivity contribution in [1.29, 1.82) is 0 Å². The van der Waals surface area contributed by atoms with Gasteiger partial charge in [-0.15, -0.1) is 0 Å². The molecule has 1 aliphatic heterocycles. The fourth-order valence-electron chi connectivity index (χ4n) is 1.83. The molecule has 8 heteroatoms. The van der Waals surface area contributed by atoms with E-state index in [4.69, 9.17) is 9.47 Å². The van der Waals surface area contributed by atoms with E-state index in [0.29, 0.717) is 13.2 Å². The Morgan fingerprint density at radius 1 is 1.32 bits per heavy atom. The van der Waals surface area contributed by atoms with Gasteiger partial charge in [0.25, 0.3) is 0 Å². The Kier molecular flexibility index (Phi) is 6.82. The van der Waals surface area contributed by atoms with E-state index in [1.807, 2.05) is 0 Å². The summed E-state index contributed by atoms with van der Waals surface area (Å²) in [6.07, 6.45) is 0.752. The van der Waals surface area contributed by atoms with Gasteiger partial charge >= 0.3 is 58.4 Å². The van der Waals surface area contributed by atoms with Crippen LogP contribution in [0.25, 0.3) is 0 Å². The van der Waals surface area contributed by atoms with Gasteiger partial charge in [-0.3, -0.25) is 0 Å². The maximum absolute atomic E-state index is 13.0. The first-order valence-corrected chi connectivity index (χ1v) is 5.67. The van der Waals surface area contributed by atoms with Crippen LogP contribution >= 0.6 is 0 Å². The molecular weight excluding hydrogens is 290 g/mol. The summed E-state index contributed by atoms with van der Waals surface area (Å²) in [5.74, 6) is -1.10. The summed E-state index contributed by atoms with van der Waals surface area (Å²) < 4.78 is 61.3. The normalized spacial score (nSPS) is 19.1. The molecule has 1 saturated heterocycles. The minimum Gasteiger partial charge on any atom is -0.496 e. The van der Waals surface area contributed by atoms with E-state index >= 15 is 0 Å². The van der Waals surface area contributed by atoms with E-state index in [9.17, 15) is 17.3 Å². The number of ether oxygens (including phenoxy) is 2. The number of benzene rings is 1. The predicted octanol–water partition coefficient (Wildman–Crippen LogP) is -0.701. The van der Waals surface area contributed by atoms with Crippen molar-refractivity contribution in [3.8, 4) is 5.75 Å². The molecule has 1 aromatic rings. The summed E-state index contributed by atoms with van der Waals surface area (Å²) in [6.45, 7) is -4.02. The Balaban J connectivity index is 0.00000180. The molecule has 1 fully saturated rings. The van der Waals surface area contributed by atoms with E-state index in [2.05, 4.69) is 0 Å². The fourth-order valence-corrected chi connectivity index (χ4v) is 1.83. The fraction of sp³-hybridized carbons (Fsp3) is 0.455. The zero-order valence-corrected chi connectivity index (χ0v) is 13.7. The summed E-state index contributed by atoms with van der Waals surface area (Å²) >= 11 is 0. The first-order chi connectivity index (χ1) is 8.47. The predicted molar refractivity (Wildman–Crippen MR) is 59.5 cm³/mol. The Morgan fingerprint density at radius 2 is 2.05 bits per heavy atom. The Labute approximate surface area is 151 Å². The zero-order valence-electron chi connectivity index (χ0n) is 10.5. The summed E-state index contributed by atoms with van der Waals surface area (Å²) in [7, 11) is 0. The van der Waals surface area contributed by atoms with Gasteiger partial charge in [-0.1, -0.05) is 11.5 Å². The van der Waals surface area contributed by atoms with Gasteiger partial charge in [0.05, 0.1) is 19.0 Å². The van der Waals surface area contributed by atoms with Gasteiger partial charge in [-0.05, 0) is 12.5 Å². The third kappa shape index (κ3) is 5.02. The van der Waals surface area contributed by atoms with Crippen molar-refractivity contribution in [3.05, 3.63) is 24.0 Å². The standard InChI is InChI=1S/C11H12BF4O2.K/c13-9-1-2-10(12(14,15)16)11(5-9)18-7-8-3-4-17-6-8;/h1-2,5,8H,3-4,6-7H2;/q-1;+1. The van der Waals surface area contributed by atoms with Crippen molar-refractivity contribution < 1.29 is 78.2 Å². The molecule has 1 unspecified atom stereocenters. The zero-order chi connectivity index (χ0) is 13.2. The third-order valence-corrected chi connectivity index (χ3v) is 2.83. The van der Waals surface area contributed by atoms with Crippen molar-refractivity contribution >= 4 is 12.4 Å². The molecule has 100 valence electrons. The Hall–Kier alpha value is 0.401. The number of hydrogen-bond donors (Lipinski definition) is 0. The molecule has 1 aliphatic rings. The van der Waals surface area contributed by atoms with Gasteiger partial charge in [0.2, 0.25) is 0 Å². The van der Waals surface area contributed by atoms with Crippen LogP contribution in [0.2, 0.25) is 0 Å². The van der Waals surface area contributed by atoms with Crippen LogP contribution in [-0.4, -0.2) is 26.8 Å². The molecule has 2 nitrogen and oxygen atoms in total. The Morgan fingerprint density at radius 3 is 2.63 bits per heavy atom. The van der Waals surface area contributed by atoms with Crippen LogP contribution in [0.4, 0.5) is 17.3 Å². The van der Waals surface area contributed by atoms with Crippen LogP contribution < -0.4 is 61.6 Å². The van der Waals surface area contributed by atoms with Gasteiger partial charge in [-0.25, -0.2) is 4.39 Å². The monoisotopic (exact) mass is 302 g/mol. The van der Waals surface area contributed by atoms with Crippen molar-refractivity contribution in [2.24, 2.45) is 5.92 Å². The minimum absolute atomic E-state index is 0. The second-order valence-corrected chi connectivity index (χ2v) is 4.30. The summed E-state index contributed by atoms with van der Waals surface area (Å²) in [5, 5.41) is 0.